The standard InChI is InChI=1S/C44H31N.C2H4/c1-2-12-42(13-3-1)45(44-28-24-37(25-29-44)41-21-19-33-9-5-7-11-39(33)31-41)43-26-22-35(23-27-43)34-14-16-36(17-15-34)40-20-18-32-8-4-6-10-38(32)30-40;1-2/h1-31H;1-2H2. The molecule has 0 aliphatic heterocycles. The van der Waals surface area contributed by atoms with Gasteiger partial charge in [0.2, 0.25) is 0 Å². The van der Waals surface area contributed by atoms with Crippen molar-refractivity contribution in [3.63, 3.8) is 0 Å². The summed E-state index contributed by atoms with van der Waals surface area (Å²) in [5, 5.41) is 5.05. The molecule has 1 nitrogen and oxygen atoms in total. The smallest absolute Gasteiger partial charge is 0.0462 e. The summed E-state index contributed by atoms with van der Waals surface area (Å²) in [5.41, 5.74) is 10.7. The maximum atomic E-state index is 3.00. The average molecular weight is 602 g/mol. The van der Waals surface area contributed by atoms with Crippen molar-refractivity contribution in [2.24, 2.45) is 0 Å². The lowest BCUT2D eigenvalue weighted by atomic mass is 9.98. The largest absolute Gasteiger partial charge is 0.311 e. The van der Waals surface area contributed by atoms with Crippen molar-refractivity contribution in [3.8, 4) is 33.4 Å². The van der Waals surface area contributed by atoms with Gasteiger partial charge in [0, 0.05) is 17.1 Å². The maximum Gasteiger partial charge on any atom is 0.0462 e. The van der Waals surface area contributed by atoms with Gasteiger partial charge in [0.05, 0.1) is 0 Å². The third-order valence-electron chi connectivity index (χ3n) is 8.65. The van der Waals surface area contributed by atoms with Crippen LogP contribution >= 0.6 is 0 Å². The Labute approximate surface area is 277 Å². The zero-order valence-electron chi connectivity index (χ0n) is 26.3. The molecule has 0 bridgehead atoms. The van der Waals surface area contributed by atoms with Crippen LogP contribution in [0.4, 0.5) is 17.1 Å². The molecule has 0 amide bonds. The van der Waals surface area contributed by atoms with E-state index in [9.17, 15) is 0 Å². The molecule has 0 saturated heterocycles. The van der Waals surface area contributed by atoms with E-state index in [1.54, 1.807) is 0 Å². The van der Waals surface area contributed by atoms with Crippen molar-refractivity contribution in [1.82, 2.24) is 0 Å². The van der Waals surface area contributed by atoms with E-state index in [-0.39, 0.29) is 0 Å². The first-order valence-electron chi connectivity index (χ1n) is 15.9. The number of rotatable bonds is 6. The number of hydrogen-bond acceptors (Lipinski definition) is 1. The second kappa shape index (κ2) is 13.4. The van der Waals surface area contributed by atoms with Gasteiger partial charge in [-0.15, -0.1) is 13.2 Å². The van der Waals surface area contributed by atoms with Gasteiger partial charge in [-0.3, -0.25) is 0 Å². The molecule has 0 heterocycles. The minimum Gasteiger partial charge on any atom is -0.311 e. The minimum atomic E-state index is 1.12. The van der Waals surface area contributed by atoms with Crippen LogP contribution in [-0.2, 0) is 0 Å². The molecule has 0 radical (unpaired) electrons. The molecule has 0 aliphatic rings. The first-order valence-corrected chi connectivity index (χ1v) is 15.9. The second-order valence-corrected chi connectivity index (χ2v) is 11.5. The molecule has 8 aromatic carbocycles. The topological polar surface area (TPSA) is 3.24 Å². The van der Waals surface area contributed by atoms with Gasteiger partial charge < -0.3 is 4.90 Å². The Kier molecular flexibility index (Phi) is 8.44. The first-order chi connectivity index (χ1) is 23.3. The predicted molar refractivity (Wildman–Crippen MR) is 204 cm³/mol. The summed E-state index contributed by atoms with van der Waals surface area (Å²) in [6.45, 7) is 6.00. The minimum absolute atomic E-state index is 1.12. The van der Waals surface area contributed by atoms with Crippen LogP contribution in [0.5, 0.6) is 0 Å². The number of anilines is 3. The molecule has 0 unspecified atom stereocenters. The first kappa shape index (κ1) is 29.5. The van der Waals surface area contributed by atoms with E-state index in [2.05, 4.69) is 206 Å². The summed E-state index contributed by atoms with van der Waals surface area (Å²) in [7, 11) is 0. The van der Waals surface area contributed by atoms with Gasteiger partial charge in [0.25, 0.3) is 0 Å². The lowest BCUT2D eigenvalue weighted by Gasteiger charge is -2.26. The highest BCUT2D eigenvalue weighted by molar-refractivity contribution is 5.89. The highest BCUT2D eigenvalue weighted by atomic mass is 15.1. The fourth-order valence-electron chi connectivity index (χ4n) is 6.22. The van der Waals surface area contributed by atoms with Gasteiger partial charge in [0.15, 0.2) is 0 Å². The van der Waals surface area contributed by atoms with Crippen LogP contribution in [0.15, 0.2) is 201 Å². The molecule has 8 rings (SSSR count). The van der Waals surface area contributed by atoms with Crippen molar-refractivity contribution in [2.75, 3.05) is 4.90 Å². The molecule has 8 aromatic rings. The molecule has 47 heavy (non-hydrogen) atoms. The fraction of sp³-hybridized carbons (Fsp3) is 0. The van der Waals surface area contributed by atoms with Gasteiger partial charge in [-0.05, 0) is 103 Å². The highest BCUT2D eigenvalue weighted by Crippen LogP contribution is 2.37. The summed E-state index contributed by atoms with van der Waals surface area (Å²) in [4.78, 5) is 2.32. The van der Waals surface area contributed by atoms with E-state index in [0.29, 0.717) is 0 Å². The fourth-order valence-corrected chi connectivity index (χ4v) is 6.22. The summed E-state index contributed by atoms with van der Waals surface area (Å²) in [5.74, 6) is 0. The van der Waals surface area contributed by atoms with Crippen molar-refractivity contribution in [1.29, 1.82) is 0 Å². The Balaban J connectivity index is 0.00000172. The van der Waals surface area contributed by atoms with Gasteiger partial charge >= 0.3 is 0 Å². The van der Waals surface area contributed by atoms with Crippen LogP contribution in [0.3, 0.4) is 0 Å². The number of nitrogens with zero attached hydrogens (tertiary/aromatic N) is 1. The van der Waals surface area contributed by atoms with Gasteiger partial charge in [-0.25, -0.2) is 0 Å². The number of benzene rings is 8. The van der Waals surface area contributed by atoms with E-state index < -0.39 is 0 Å². The van der Waals surface area contributed by atoms with Crippen molar-refractivity contribution < 1.29 is 0 Å². The maximum absolute atomic E-state index is 3.00. The highest BCUT2D eigenvalue weighted by Gasteiger charge is 2.13. The summed E-state index contributed by atoms with van der Waals surface area (Å²) in [6, 6.07) is 67.6. The third kappa shape index (κ3) is 6.20. The molecular formula is C46H35N. The van der Waals surface area contributed by atoms with Crippen molar-refractivity contribution in [2.45, 2.75) is 0 Å². The van der Waals surface area contributed by atoms with E-state index >= 15 is 0 Å². The van der Waals surface area contributed by atoms with Crippen LogP contribution in [0.1, 0.15) is 0 Å². The number of hydrogen-bond donors (Lipinski definition) is 0. The third-order valence-corrected chi connectivity index (χ3v) is 8.65. The molecule has 0 N–H and O–H groups in total. The van der Waals surface area contributed by atoms with Gasteiger partial charge in [-0.1, -0.05) is 140 Å². The van der Waals surface area contributed by atoms with Crippen LogP contribution in [0, 0.1) is 0 Å². The molecule has 0 spiro atoms. The Bertz CT molecular complexity index is 2250. The summed E-state index contributed by atoms with van der Waals surface area (Å²) in [6.07, 6.45) is 0. The Morgan fingerprint density at radius 2 is 0.553 bits per heavy atom. The summed E-state index contributed by atoms with van der Waals surface area (Å²) >= 11 is 0. The van der Waals surface area contributed by atoms with Crippen LogP contribution in [0.25, 0.3) is 54.9 Å². The molecule has 224 valence electrons. The van der Waals surface area contributed by atoms with Crippen molar-refractivity contribution in [3.05, 3.63) is 201 Å². The lowest BCUT2D eigenvalue weighted by molar-refractivity contribution is 1.28. The Hall–Kier alpha value is -6.18. The molecule has 0 fully saturated rings. The Morgan fingerprint density at radius 1 is 0.255 bits per heavy atom. The van der Waals surface area contributed by atoms with Gasteiger partial charge in [0.1, 0.15) is 0 Å². The number of fused-ring (bicyclic) bond motifs is 2. The zero-order chi connectivity index (χ0) is 32.0. The number of para-hydroxylation sites is 1. The predicted octanol–water partition coefficient (Wildman–Crippen LogP) is 13.3. The monoisotopic (exact) mass is 601 g/mol. The molecule has 0 aliphatic carbocycles. The normalized spacial score (nSPS) is 10.7. The average Bonchev–Trinajstić information content (AvgIpc) is 3.16. The second-order valence-electron chi connectivity index (χ2n) is 11.5. The van der Waals surface area contributed by atoms with E-state index in [1.165, 1.54) is 54.9 Å². The SMILES string of the molecule is C=C.c1ccc(N(c2ccc(-c3ccc(-c4ccc5ccccc5c4)cc3)cc2)c2ccc(-c3ccc4ccccc4c3)cc2)cc1. The van der Waals surface area contributed by atoms with E-state index in [1.807, 2.05) is 0 Å². The van der Waals surface area contributed by atoms with Crippen LogP contribution < -0.4 is 4.90 Å². The van der Waals surface area contributed by atoms with Gasteiger partial charge in [-0.2, -0.15) is 0 Å². The van der Waals surface area contributed by atoms with E-state index in [0.717, 1.165) is 17.1 Å². The molecule has 0 atom stereocenters. The van der Waals surface area contributed by atoms with Crippen molar-refractivity contribution >= 4 is 38.6 Å². The lowest BCUT2D eigenvalue weighted by Crippen LogP contribution is -2.09. The van der Waals surface area contributed by atoms with Crippen LogP contribution in [-0.4, -0.2) is 0 Å². The quantitative estimate of drug-likeness (QED) is 0.171. The molecular weight excluding hydrogens is 567 g/mol. The molecule has 1 heteroatoms. The zero-order valence-corrected chi connectivity index (χ0v) is 26.3. The molecule has 0 aromatic heterocycles. The van der Waals surface area contributed by atoms with E-state index in [4.69, 9.17) is 0 Å². The Morgan fingerprint density at radius 3 is 0.979 bits per heavy atom. The summed E-state index contributed by atoms with van der Waals surface area (Å²) < 4.78 is 0. The van der Waals surface area contributed by atoms with Crippen LogP contribution in [0.2, 0.25) is 0 Å². The molecule has 0 saturated carbocycles.